The summed E-state index contributed by atoms with van der Waals surface area (Å²) in [6, 6.07) is 10.2. The zero-order chi connectivity index (χ0) is 19.8. The summed E-state index contributed by atoms with van der Waals surface area (Å²) < 4.78 is 0. The van der Waals surface area contributed by atoms with Crippen molar-refractivity contribution in [3.8, 4) is 0 Å². The summed E-state index contributed by atoms with van der Waals surface area (Å²) >= 11 is 0. The van der Waals surface area contributed by atoms with E-state index in [0.29, 0.717) is 5.54 Å². The standard InChI is InChI=1S/C25H40Si/c1-16(2)14-26(15-17(3)4,24-12-18(5)11-19(6)13-24)25-22(9)20(7)21(8)23(25)10/h11-13,16-17,25H,14-15H2,1-10H3. The van der Waals surface area contributed by atoms with Crippen LogP contribution >= 0.6 is 0 Å². The van der Waals surface area contributed by atoms with E-state index in [0.717, 1.165) is 11.8 Å². The summed E-state index contributed by atoms with van der Waals surface area (Å²) in [6.45, 7) is 23.8. The molecule has 0 fully saturated rings. The largest absolute Gasteiger partial charge is 0.0983 e. The van der Waals surface area contributed by atoms with Crippen molar-refractivity contribution in [2.24, 2.45) is 11.8 Å². The van der Waals surface area contributed by atoms with Crippen LogP contribution in [0.15, 0.2) is 40.5 Å². The van der Waals surface area contributed by atoms with Crippen molar-refractivity contribution < 1.29 is 0 Å². The van der Waals surface area contributed by atoms with Gasteiger partial charge in [-0.15, -0.1) is 0 Å². The molecule has 1 heteroatoms. The van der Waals surface area contributed by atoms with Crippen molar-refractivity contribution in [2.45, 2.75) is 86.9 Å². The van der Waals surface area contributed by atoms with Crippen LogP contribution in [0.1, 0.15) is 66.5 Å². The van der Waals surface area contributed by atoms with Gasteiger partial charge in [0.15, 0.2) is 0 Å². The van der Waals surface area contributed by atoms with Gasteiger partial charge in [-0.3, -0.25) is 0 Å². The van der Waals surface area contributed by atoms with Gasteiger partial charge in [-0.1, -0.05) is 85.4 Å². The first kappa shape index (κ1) is 21.2. The van der Waals surface area contributed by atoms with Gasteiger partial charge in [0.2, 0.25) is 0 Å². The smallest absolute Gasteiger partial charge is 0.0653 e. The topological polar surface area (TPSA) is 0 Å². The molecule has 0 aromatic heterocycles. The van der Waals surface area contributed by atoms with Crippen LogP contribution in [0.5, 0.6) is 0 Å². The number of rotatable bonds is 6. The minimum Gasteiger partial charge on any atom is -0.0653 e. The maximum absolute atomic E-state index is 2.54. The monoisotopic (exact) mass is 368 g/mol. The molecule has 2 rings (SSSR count). The average Bonchev–Trinajstić information content (AvgIpc) is 2.68. The van der Waals surface area contributed by atoms with Gasteiger partial charge >= 0.3 is 0 Å². The fourth-order valence-electron chi connectivity index (χ4n) is 5.62. The van der Waals surface area contributed by atoms with Crippen LogP contribution in [0.3, 0.4) is 0 Å². The van der Waals surface area contributed by atoms with Gasteiger partial charge in [0.05, 0.1) is 8.07 Å². The van der Waals surface area contributed by atoms with Crippen molar-refractivity contribution in [3.63, 3.8) is 0 Å². The summed E-state index contributed by atoms with van der Waals surface area (Å²) in [7, 11) is -1.75. The molecule has 1 aromatic rings. The van der Waals surface area contributed by atoms with Gasteiger partial charge in [0, 0.05) is 5.54 Å². The first-order chi connectivity index (χ1) is 12.0. The minimum atomic E-state index is -1.75. The minimum absolute atomic E-state index is 0.675. The maximum atomic E-state index is 2.54. The molecular weight excluding hydrogens is 328 g/mol. The third-order valence-corrected chi connectivity index (χ3v) is 13.0. The van der Waals surface area contributed by atoms with Crippen LogP contribution in [0.2, 0.25) is 17.6 Å². The van der Waals surface area contributed by atoms with Crippen LogP contribution in [0.4, 0.5) is 0 Å². The van der Waals surface area contributed by atoms with Gasteiger partial charge in [-0.05, 0) is 64.5 Å². The summed E-state index contributed by atoms with van der Waals surface area (Å²) in [5.41, 5.74) is 9.97. The average molecular weight is 369 g/mol. The van der Waals surface area contributed by atoms with Crippen molar-refractivity contribution in [1.29, 1.82) is 0 Å². The molecular formula is C25H40Si. The third kappa shape index (κ3) is 3.93. The highest BCUT2D eigenvalue weighted by molar-refractivity contribution is 6.94. The highest BCUT2D eigenvalue weighted by Gasteiger charge is 2.47. The lowest BCUT2D eigenvalue weighted by molar-refractivity contribution is 0.673. The van der Waals surface area contributed by atoms with E-state index in [1.807, 2.05) is 0 Å². The van der Waals surface area contributed by atoms with Crippen molar-refractivity contribution in [1.82, 2.24) is 0 Å². The van der Waals surface area contributed by atoms with Crippen LogP contribution in [0, 0.1) is 25.7 Å². The Labute approximate surface area is 163 Å². The molecule has 0 saturated carbocycles. The molecule has 0 N–H and O–H groups in total. The Morgan fingerprint density at radius 1 is 0.692 bits per heavy atom. The number of hydrogen-bond donors (Lipinski definition) is 0. The Hall–Kier alpha value is -1.08. The Morgan fingerprint density at radius 2 is 1.08 bits per heavy atom. The quantitative estimate of drug-likeness (QED) is 0.461. The maximum Gasteiger partial charge on any atom is 0.0983 e. The van der Waals surface area contributed by atoms with E-state index in [2.05, 4.69) is 87.4 Å². The third-order valence-electron chi connectivity index (χ3n) is 6.51. The van der Waals surface area contributed by atoms with Gasteiger partial charge in [0.25, 0.3) is 0 Å². The highest BCUT2D eigenvalue weighted by Crippen LogP contribution is 2.50. The molecule has 0 unspecified atom stereocenters. The van der Waals surface area contributed by atoms with Crippen LogP contribution in [-0.4, -0.2) is 8.07 Å². The van der Waals surface area contributed by atoms with Crippen molar-refractivity contribution >= 4 is 13.3 Å². The van der Waals surface area contributed by atoms with Crippen LogP contribution in [0.25, 0.3) is 0 Å². The van der Waals surface area contributed by atoms with Crippen molar-refractivity contribution in [3.05, 3.63) is 51.6 Å². The van der Waals surface area contributed by atoms with Gasteiger partial charge in [-0.2, -0.15) is 0 Å². The molecule has 1 aliphatic carbocycles. The fourth-order valence-corrected chi connectivity index (χ4v) is 13.1. The Morgan fingerprint density at radius 3 is 1.42 bits per heavy atom. The molecule has 1 aromatic carbocycles. The first-order valence-electron chi connectivity index (χ1n) is 10.4. The lowest BCUT2D eigenvalue weighted by atomic mass is 10.1. The van der Waals surface area contributed by atoms with E-state index < -0.39 is 8.07 Å². The molecule has 0 nitrogen and oxygen atoms in total. The zero-order valence-corrected chi connectivity index (χ0v) is 19.9. The lowest BCUT2D eigenvalue weighted by Crippen LogP contribution is -2.54. The molecule has 0 spiro atoms. The molecule has 1 aliphatic rings. The second kappa shape index (κ2) is 7.88. The Balaban J connectivity index is 2.80. The van der Waals surface area contributed by atoms with Crippen molar-refractivity contribution in [2.75, 3.05) is 0 Å². The van der Waals surface area contributed by atoms with E-state index in [1.165, 1.54) is 23.2 Å². The molecule has 0 radical (unpaired) electrons. The summed E-state index contributed by atoms with van der Waals surface area (Å²) in [5.74, 6) is 1.48. The summed E-state index contributed by atoms with van der Waals surface area (Å²) in [5, 5.41) is 1.70. The van der Waals surface area contributed by atoms with E-state index >= 15 is 0 Å². The first-order valence-corrected chi connectivity index (χ1v) is 12.9. The Bertz CT molecular complexity index is 676. The molecule has 0 saturated heterocycles. The number of hydrogen-bond acceptors (Lipinski definition) is 0. The molecule has 26 heavy (non-hydrogen) atoms. The zero-order valence-electron chi connectivity index (χ0n) is 18.9. The van der Waals surface area contributed by atoms with Gasteiger partial charge < -0.3 is 0 Å². The molecule has 0 amide bonds. The van der Waals surface area contributed by atoms with E-state index in [-0.39, 0.29) is 0 Å². The molecule has 0 heterocycles. The molecule has 0 bridgehead atoms. The van der Waals surface area contributed by atoms with Crippen LogP contribution in [-0.2, 0) is 0 Å². The van der Waals surface area contributed by atoms with Gasteiger partial charge in [-0.25, -0.2) is 0 Å². The van der Waals surface area contributed by atoms with Gasteiger partial charge in [0.1, 0.15) is 0 Å². The second-order valence-corrected chi connectivity index (χ2v) is 14.1. The van der Waals surface area contributed by atoms with E-state index in [4.69, 9.17) is 0 Å². The number of aryl methyl sites for hydroxylation is 2. The second-order valence-electron chi connectivity index (χ2n) is 9.78. The lowest BCUT2D eigenvalue weighted by Gasteiger charge is -2.43. The fraction of sp³-hybridized carbons (Fsp3) is 0.600. The predicted octanol–water partition coefficient (Wildman–Crippen LogP) is 7.33. The number of benzene rings is 1. The van der Waals surface area contributed by atoms with Crippen LogP contribution < -0.4 is 5.19 Å². The van der Waals surface area contributed by atoms with E-state index in [1.54, 1.807) is 27.5 Å². The summed E-state index contributed by atoms with van der Waals surface area (Å²) in [6.07, 6.45) is 0. The normalized spacial score (nSPS) is 16.6. The SMILES string of the molecule is CC1=C(C)C([Si](CC(C)C)(CC(C)C)c2cc(C)cc(C)c2)C(C)=C1C. The van der Waals surface area contributed by atoms with E-state index in [9.17, 15) is 0 Å². The molecule has 0 aliphatic heterocycles. The molecule has 144 valence electrons. The highest BCUT2D eigenvalue weighted by atomic mass is 28.3. The Kier molecular flexibility index (Phi) is 6.43. The summed E-state index contributed by atoms with van der Waals surface area (Å²) in [4.78, 5) is 0. The predicted molar refractivity (Wildman–Crippen MR) is 121 cm³/mol. The molecule has 0 atom stereocenters. The number of allylic oxidation sites excluding steroid dienone is 4.